The number of aromatic nitrogens is 2. The molecule has 1 amide bonds. The molecule has 1 fully saturated rings. The Morgan fingerprint density at radius 2 is 1.93 bits per heavy atom. The van der Waals surface area contributed by atoms with E-state index in [0.717, 1.165) is 4.57 Å². The van der Waals surface area contributed by atoms with Gasteiger partial charge >= 0.3 is 11.9 Å². The highest BCUT2D eigenvalue weighted by Gasteiger charge is 2.49. The molecule has 0 aliphatic carbocycles. The number of alkyl halides is 3. The van der Waals surface area contributed by atoms with Gasteiger partial charge in [-0.2, -0.15) is 18.2 Å². The molecule has 2 heterocycles. The van der Waals surface area contributed by atoms with Crippen LogP contribution in [0.2, 0.25) is 0 Å². The van der Waals surface area contributed by atoms with E-state index in [4.69, 9.17) is 10.5 Å². The third kappa shape index (κ3) is 4.56. The Morgan fingerprint density at radius 3 is 2.53 bits per heavy atom. The van der Waals surface area contributed by atoms with Crippen LogP contribution in [-0.2, 0) is 9.53 Å². The first-order valence-corrected chi connectivity index (χ1v) is 8.73. The first-order chi connectivity index (χ1) is 14.1. The Kier molecular flexibility index (Phi) is 6.01. The molecular weight excluding hydrogens is 409 g/mol. The molecule has 2 unspecified atom stereocenters. The predicted octanol–water partition coefficient (Wildman–Crippen LogP) is 0.603. The fourth-order valence-electron chi connectivity index (χ4n) is 2.99. The minimum atomic E-state index is -5.18. The van der Waals surface area contributed by atoms with Gasteiger partial charge in [-0.1, -0.05) is 18.2 Å². The fourth-order valence-corrected chi connectivity index (χ4v) is 2.99. The maximum atomic E-state index is 12.6. The van der Waals surface area contributed by atoms with Gasteiger partial charge in [0.1, 0.15) is 24.2 Å². The smallest absolute Gasteiger partial charge is 0.390 e. The number of carbonyl (C=O) groups excluding carboxylic acids is 2. The zero-order valence-corrected chi connectivity index (χ0v) is 15.2. The molecule has 0 saturated carbocycles. The van der Waals surface area contributed by atoms with E-state index in [-0.39, 0.29) is 12.2 Å². The van der Waals surface area contributed by atoms with E-state index in [0.29, 0.717) is 5.56 Å². The largest absolute Gasteiger partial charge is 0.451 e. The van der Waals surface area contributed by atoms with Gasteiger partial charge < -0.3 is 20.9 Å². The third-order valence-electron chi connectivity index (χ3n) is 4.49. The van der Waals surface area contributed by atoms with Gasteiger partial charge in [0.25, 0.3) is 11.7 Å². The topological polar surface area (TPSA) is 137 Å². The van der Waals surface area contributed by atoms with Crippen LogP contribution in [0.5, 0.6) is 0 Å². The number of hydrogen-bond acceptors (Lipinski definition) is 7. The Labute approximate surface area is 167 Å². The van der Waals surface area contributed by atoms with E-state index < -0.39 is 48.0 Å². The van der Waals surface area contributed by atoms with Crippen molar-refractivity contribution in [2.75, 3.05) is 5.32 Å². The highest BCUT2D eigenvalue weighted by molar-refractivity contribution is 6.03. The van der Waals surface area contributed by atoms with Crippen molar-refractivity contribution >= 4 is 17.5 Å². The summed E-state index contributed by atoms with van der Waals surface area (Å²) in [5, 5.41) is 12.4. The molecule has 0 spiro atoms. The Bertz CT molecular complexity index is 995. The molecule has 1 aromatic heterocycles. The number of halogens is 3. The van der Waals surface area contributed by atoms with Crippen molar-refractivity contribution in [3.8, 4) is 0 Å². The van der Waals surface area contributed by atoms with Crippen LogP contribution in [-0.4, -0.2) is 50.8 Å². The minimum Gasteiger partial charge on any atom is -0.390 e. The lowest BCUT2D eigenvalue weighted by atomic mass is 10.0. The maximum Gasteiger partial charge on any atom is 0.451 e. The molecule has 160 valence electrons. The fraction of sp³-hybridized carbons (Fsp3) is 0.333. The molecular formula is C18H17F3N4O5. The number of Topliss-reactive ketones (excluding diaryl/α,β-unsaturated/α-hetero) is 1. The number of nitrogens with zero attached hydrogens (tertiary/aromatic N) is 2. The quantitative estimate of drug-likeness (QED) is 0.637. The Hall–Kier alpha value is -3.09. The van der Waals surface area contributed by atoms with E-state index in [1.807, 2.05) is 0 Å². The summed E-state index contributed by atoms with van der Waals surface area (Å²) in [4.78, 5) is 39.4. The zero-order valence-electron chi connectivity index (χ0n) is 15.2. The molecule has 0 radical (unpaired) electrons. The van der Waals surface area contributed by atoms with Crippen LogP contribution in [0, 0.1) is 0 Å². The number of amides is 1. The van der Waals surface area contributed by atoms with Crippen LogP contribution >= 0.6 is 0 Å². The molecule has 3 rings (SSSR count). The van der Waals surface area contributed by atoms with Gasteiger partial charge in [0.2, 0.25) is 0 Å². The minimum absolute atomic E-state index is 0.0517. The van der Waals surface area contributed by atoms with Crippen molar-refractivity contribution in [2.45, 2.75) is 37.1 Å². The Balaban J connectivity index is 1.72. The van der Waals surface area contributed by atoms with Gasteiger partial charge in [-0.3, -0.25) is 14.2 Å². The maximum absolute atomic E-state index is 12.6. The molecule has 1 aliphatic heterocycles. The van der Waals surface area contributed by atoms with Crippen molar-refractivity contribution in [3.63, 3.8) is 0 Å². The second-order valence-corrected chi connectivity index (χ2v) is 6.57. The van der Waals surface area contributed by atoms with Crippen LogP contribution in [0.4, 0.5) is 19.0 Å². The summed E-state index contributed by atoms with van der Waals surface area (Å²) >= 11 is 0. The highest BCUT2D eigenvalue weighted by atomic mass is 19.4. The molecule has 1 saturated heterocycles. The summed E-state index contributed by atoms with van der Waals surface area (Å²) in [6.07, 6.45) is -8.59. The standard InChI is InChI=1S/C18H17F3N4O5/c19-18(20,21)15(27)13(22)14-10(26)8-12(30-14)25-7-6-11(24-17(25)29)23-16(28)9-4-2-1-3-5-9/h1-7,10,12-14,26H,8,22H2,(H,23,24,28,29)/t10?,12-,13?,14+/m1/s1. The number of carbonyl (C=O) groups is 2. The SMILES string of the molecule is NC(C(=O)C(F)(F)F)[C@H]1O[C@@H](n2ccc(NC(=O)c3ccccc3)nc2=O)CC1O. The normalized spacial score (nSPS) is 22.5. The van der Waals surface area contributed by atoms with E-state index in [1.54, 1.807) is 30.3 Å². The van der Waals surface area contributed by atoms with E-state index in [1.165, 1.54) is 12.3 Å². The lowest BCUT2D eigenvalue weighted by Gasteiger charge is -2.22. The molecule has 30 heavy (non-hydrogen) atoms. The lowest BCUT2D eigenvalue weighted by molar-refractivity contribution is -0.177. The average molecular weight is 426 g/mol. The Morgan fingerprint density at radius 1 is 1.27 bits per heavy atom. The van der Waals surface area contributed by atoms with Crippen molar-refractivity contribution in [1.82, 2.24) is 9.55 Å². The van der Waals surface area contributed by atoms with E-state index >= 15 is 0 Å². The van der Waals surface area contributed by atoms with Gasteiger partial charge in [0.05, 0.1) is 6.10 Å². The summed E-state index contributed by atoms with van der Waals surface area (Å²) < 4.78 is 43.9. The molecule has 4 atom stereocenters. The zero-order chi connectivity index (χ0) is 22.1. The van der Waals surface area contributed by atoms with Gasteiger partial charge in [0.15, 0.2) is 0 Å². The summed E-state index contributed by atoms with van der Waals surface area (Å²) in [7, 11) is 0. The number of rotatable bonds is 5. The number of hydrogen-bond donors (Lipinski definition) is 3. The molecule has 12 heteroatoms. The first kappa shape index (κ1) is 21.6. The number of nitrogens with two attached hydrogens (primary N) is 1. The van der Waals surface area contributed by atoms with Crippen molar-refractivity contribution in [3.05, 3.63) is 58.6 Å². The molecule has 1 aliphatic rings. The lowest BCUT2D eigenvalue weighted by Crippen LogP contribution is -2.51. The number of nitrogens with one attached hydrogen (secondary N) is 1. The monoisotopic (exact) mass is 426 g/mol. The van der Waals surface area contributed by atoms with E-state index in [9.17, 15) is 32.7 Å². The number of benzene rings is 1. The first-order valence-electron chi connectivity index (χ1n) is 8.73. The van der Waals surface area contributed by atoms with Crippen LogP contribution in [0.1, 0.15) is 23.0 Å². The van der Waals surface area contributed by atoms with Crippen LogP contribution < -0.4 is 16.7 Å². The van der Waals surface area contributed by atoms with Gasteiger partial charge in [-0.25, -0.2) is 4.79 Å². The average Bonchev–Trinajstić information content (AvgIpc) is 3.08. The van der Waals surface area contributed by atoms with Crippen LogP contribution in [0.3, 0.4) is 0 Å². The van der Waals surface area contributed by atoms with Gasteiger partial charge in [-0.15, -0.1) is 0 Å². The number of aliphatic hydroxyl groups is 1. The number of aliphatic hydroxyl groups excluding tert-OH is 1. The summed E-state index contributed by atoms with van der Waals surface area (Å²) in [5.74, 6) is -2.79. The summed E-state index contributed by atoms with van der Waals surface area (Å²) in [5.41, 5.74) is 4.77. The van der Waals surface area contributed by atoms with Crippen LogP contribution in [0.25, 0.3) is 0 Å². The molecule has 0 bridgehead atoms. The van der Waals surface area contributed by atoms with Crippen molar-refractivity contribution < 1.29 is 32.6 Å². The van der Waals surface area contributed by atoms with Crippen molar-refractivity contribution in [1.29, 1.82) is 0 Å². The van der Waals surface area contributed by atoms with Gasteiger partial charge in [-0.05, 0) is 18.2 Å². The number of ether oxygens (including phenoxy) is 1. The molecule has 9 nitrogen and oxygen atoms in total. The highest BCUT2D eigenvalue weighted by Crippen LogP contribution is 2.31. The summed E-state index contributed by atoms with van der Waals surface area (Å²) in [6, 6.07) is 7.32. The second-order valence-electron chi connectivity index (χ2n) is 6.57. The number of ketones is 1. The molecule has 1 aromatic carbocycles. The third-order valence-corrected chi connectivity index (χ3v) is 4.49. The predicted molar refractivity (Wildman–Crippen MR) is 96.5 cm³/mol. The molecule has 4 N–H and O–H groups in total. The van der Waals surface area contributed by atoms with E-state index in [2.05, 4.69) is 10.3 Å². The number of anilines is 1. The van der Waals surface area contributed by atoms with Crippen LogP contribution in [0.15, 0.2) is 47.4 Å². The van der Waals surface area contributed by atoms with Crippen molar-refractivity contribution in [2.24, 2.45) is 5.73 Å². The second kappa shape index (κ2) is 8.34. The van der Waals surface area contributed by atoms with Gasteiger partial charge in [0, 0.05) is 18.2 Å². The molecule has 2 aromatic rings. The summed E-state index contributed by atoms with van der Waals surface area (Å²) in [6.45, 7) is 0.